The van der Waals surface area contributed by atoms with Gasteiger partial charge in [-0.2, -0.15) is 0 Å². The van der Waals surface area contributed by atoms with Crippen molar-refractivity contribution in [3.8, 4) is 0 Å². The summed E-state index contributed by atoms with van der Waals surface area (Å²) in [6.07, 6.45) is 31.8. The van der Waals surface area contributed by atoms with E-state index in [1.54, 1.807) is 0 Å². The molecule has 0 saturated heterocycles. The fourth-order valence-electron chi connectivity index (χ4n) is 5.23. The monoisotopic (exact) mass is 692 g/mol. The van der Waals surface area contributed by atoms with Gasteiger partial charge >= 0.3 is 13.8 Å². The Hall–Kier alpha value is -0.800. The van der Waals surface area contributed by atoms with Crippen molar-refractivity contribution in [1.82, 2.24) is 0 Å². The Bertz CT molecular complexity index is 749. The minimum absolute atomic E-state index is 0.0514. The van der Waals surface area contributed by atoms with Crippen molar-refractivity contribution in [2.45, 2.75) is 187 Å². The van der Waals surface area contributed by atoms with E-state index in [0.29, 0.717) is 6.61 Å². The number of aliphatic hydroxyl groups is 2. The van der Waals surface area contributed by atoms with Gasteiger partial charge in [0.2, 0.25) is 0 Å². The Labute approximate surface area is 288 Å². The zero-order valence-electron chi connectivity index (χ0n) is 30.3. The van der Waals surface area contributed by atoms with Gasteiger partial charge in [0.15, 0.2) is 0 Å². The third-order valence-corrected chi connectivity index (χ3v) is 9.15. The Kier molecular flexibility index (Phi) is 34.4. The van der Waals surface area contributed by atoms with Crippen LogP contribution in [0.25, 0.3) is 0 Å². The molecule has 3 atom stereocenters. The topological polar surface area (TPSA) is 132 Å². The minimum atomic E-state index is -4.50. The molecule has 0 aromatic heterocycles. The van der Waals surface area contributed by atoms with Gasteiger partial charge in [0.25, 0.3) is 0 Å². The summed E-state index contributed by atoms with van der Waals surface area (Å²) >= 11 is 0. The molecule has 0 bridgehead atoms. The highest BCUT2D eigenvalue weighted by Gasteiger charge is 2.26. The highest BCUT2D eigenvalue weighted by molar-refractivity contribution is 7.47. The summed E-state index contributed by atoms with van der Waals surface area (Å²) < 4.78 is 33.1. The maximum Gasteiger partial charge on any atom is 0.472 e. The lowest BCUT2D eigenvalue weighted by molar-refractivity contribution is -0.154. The summed E-state index contributed by atoms with van der Waals surface area (Å²) in [6.45, 7) is 3.48. The zero-order chi connectivity index (χ0) is 34.7. The van der Waals surface area contributed by atoms with Crippen molar-refractivity contribution < 1.29 is 43.0 Å². The molecular weight excluding hydrogens is 619 g/mol. The Balaban J connectivity index is 4.11. The van der Waals surface area contributed by atoms with E-state index in [4.69, 9.17) is 23.6 Å². The fourth-order valence-corrected chi connectivity index (χ4v) is 6.02. The lowest BCUT2D eigenvalue weighted by Gasteiger charge is -2.20. The van der Waals surface area contributed by atoms with Gasteiger partial charge in [-0.05, 0) is 38.5 Å². The maximum atomic E-state index is 12.5. The predicted octanol–water partition coefficient (Wildman–Crippen LogP) is 9.75. The second-order valence-electron chi connectivity index (χ2n) is 13.0. The first-order valence-corrected chi connectivity index (χ1v) is 20.7. The largest absolute Gasteiger partial charge is 0.472 e. The molecule has 47 heavy (non-hydrogen) atoms. The third kappa shape index (κ3) is 34.8. The number of hydrogen-bond acceptors (Lipinski definition) is 8. The highest BCUT2D eigenvalue weighted by atomic mass is 31.2. The molecule has 3 N–H and O–H groups in total. The summed E-state index contributed by atoms with van der Waals surface area (Å²) in [5.41, 5.74) is 0. The van der Waals surface area contributed by atoms with E-state index in [1.807, 2.05) is 0 Å². The predicted molar refractivity (Wildman–Crippen MR) is 191 cm³/mol. The van der Waals surface area contributed by atoms with Gasteiger partial charge in [0, 0.05) is 13.0 Å². The van der Waals surface area contributed by atoms with E-state index in [1.165, 1.54) is 116 Å². The van der Waals surface area contributed by atoms with E-state index < -0.39 is 33.2 Å². The van der Waals surface area contributed by atoms with Crippen LogP contribution in [0, 0.1) is 0 Å². The number of unbranched alkanes of at least 4 members (excludes halogenated alkanes) is 21. The van der Waals surface area contributed by atoms with Gasteiger partial charge in [0.1, 0.15) is 12.2 Å². The van der Waals surface area contributed by atoms with Gasteiger partial charge in [-0.25, -0.2) is 4.57 Å². The number of esters is 1. The van der Waals surface area contributed by atoms with E-state index >= 15 is 0 Å². The van der Waals surface area contributed by atoms with Crippen molar-refractivity contribution in [3.63, 3.8) is 0 Å². The molecule has 0 heterocycles. The molecule has 0 aromatic rings. The van der Waals surface area contributed by atoms with Crippen LogP contribution in [0.2, 0.25) is 0 Å². The van der Waals surface area contributed by atoms with Gasteiger partial charge in [-0.3, -0.25) is 13.8 Å². The summed E-state index contributed by atoms with van der Waals surface area (Å²) in [6, 6.07) is 0. The van der Waals surface area contributed by atoms with Crippen LogP contribution in [0.5, 0.6) is 0 Å². The molecule has 280 valence electrons. The summed E-state index contributed by atoms with van der Waals surface area (Å²) in [5, 5.41) is 18.2. The minimum Gasteiger partial charge on any atom is -0.457 e. The molecule has 9 nitrogen and oxygen atoms in total. The first-order chi connectivity index (χ1) is 22.8. The molecule has 0 spiro atoms. The number of allylic oxidation sites excluding steroid dienone is 2. The number of aliphatic hydroxyl groups excluding tert-OH is 2. The van der Waals surface area contributed by atoms with Crippen LogP contribution in [0.1, 0.15) is 174 Å². The number of hydrogen-bond donors (Lipinski definition) is 3. The van der Waals surface area contributed by atoms with Gasteiger partial charge in [-0.15, -0.1) is 0 Å². The molecular formula is C37H73O9P. The molecule has 10 heteroatoms. The normalized spacial score (nSPS) is 14.4. The van der Waals surface area contributed by atoms with Crippen LogP contribution in [-0.4, -0.2) is 66.3 Å². The average molecular weight is 693 g/mol. The number of rotatable bonds is 37. The van der Waals surface area contributed by atoms with Crippen LogP contribution in [-0.2, 0) is 27.9 Å². The Morgan fingerprint density at radius 3 is 1.60 bits per heavy atom. The Morgan fingerprint density at radius 1 is 0.638 bits per heavy atom. The molecule has 0 fully saturated rings. The van der Waals surface area contributed by atoms with E-state index in [2.05, 4.69) is 26.0 Å². The van der Waals surface area contributed by atoms with Crippen LogP contribution in [0.4, 0.5) is 0 Å². The third-order valence-electron chi connectivity index (χ3n) is 8.20. The number of ether oxygens (including phenoxy) is 2. The summed E-state index contributed by atoms with van der Waals surface area (Å²) in [7, 11) is -4.50. The molecule has 0 aliphatic rings. The molecule has 0 aliphatic heterocycles. The van der Waals surface area contributed by atoms with Crippen molar-refractivity contribution >= 4 is 13.8 Å². The van der Waals surface area contributed by atoms with Gasteiger partial charge in [-0.1, -0.05) is 142 Å². The molecule has 0 aliphatic carbocycles. The average Bonchev–Trinajstić information content (AvgIpc) is 3.06. The molecule has 0 radical (unpaired) electrons. The smallest absolute Gasteiger partial charge is 0.457 e. The molecule has 0 aromatic carbocycles. The maximum absolute atomic E-state index is 12.5. The van der Waals surface area contributed by atoms with Crippen LogP contribution < -0.4 is 0 Å². The number of phosphoric ester groups is 1. The van der Waals surface area contributed by atoms with Gasteiger partial charge < -0.3 is 24.6 Å². The van der Waals surface area contributed by atoms with Crippen LogP contribution in [0.3, 0.4) is 0 Å². The fraction of sp³-hybridized carbons (Fsp3) is 0.919. The first-order valence-electron chi connectivity index (χ1n) is 19.2. The van der Waals surface area contributed by atoms with Crippen molar-refractivity contribution in [3.05, 3.63) is 12.2 Å². The Morgan fingerprint density at radius 2 is 1.09 bits per heavy atom. The number of carbonyl (C=O) groups excluding carboxylic acids is 1. The number of phosphoric acid groups is 1. The van der Waals surface area contributed by atoms with E-state index in [9.17, 15) is 19.4 Å². The van der Waals surface area contributed by atoms with Gasteiger partial charge in [0.05, 0.1) is 26.4 Å². The molecule has 0 amide bonds. The molecule has 3 unspecified atom stereocenters. The van der Waals surface area contributed by atoms with Crippen molar-refractivity contribution in [2.75, 3.05) is 33.0 Å². The van der Waals surface area contributed by atoms with Crippen molar-refractivity contribution in [2.24, 2.45) is 0 Å². The highest BCUT2D eigenvalue weighted by Crippen LogP contribution is 2.43. The zero-order valence-corrected chi connectivity index (χ0v) is 31.2. The standard InChI is InChI=1S/C37H73O9P/c1-3-5-7-9-11-13-14-15-16-17-18-19-20-21-22-24-26-28-30-43-33-36(34-45-47(41,42)44-32-35(39)31-38)46-37(40)29-27-25-23-12-10-8-6-4-2/h15-16,35-36,38-39H,3-14,17-34H2,1-2H3,(H,41,42)/b16-15-. The summed E-state index contributed by atoms with van der Waals surface area (Å²) in [5.74, 6) is -0.387. The molecule has 0 saturated carbocycles. The number of carbonyl (C=O) groups is 1. The lowest BCUT2D eigenvalue weighted by atomic mass is 10.1. The van der Waals surface area contributed by atoms with Crippen LogP contribution >= 0.6 is 7.82 Å². The second-order valence-corrected chi connectivity index (χ2v) is 14.4. The van der Waals surface area contributed by atoms with E-state index in [0.717, 1.165) is 38.5 Å². The first kappa shape index (κ1) is 46.2. The quantitative estimate of drug-likeness (QED) is 0.0252. The lowest BCUT2D eigenvalue weighted by Crippen LogP contribution is -2.29. The summed E-state index contributed by atoms with van der Waals surface area (Å²) in [4.78, 5) is 22.3. The SMILES string of the molecule is CCCCCCCC/C=C\CCCCCCCCCCOCC(COP(=O)(O)OCC(O)CO)OC(=O)CCCCCCCCCC. The van der Waals surface area contributed by atoms with Crippen LogP contribution in [0.15, 0.2) is 12.2 Å². The van der Waals surface area contributed by atoms with E-state index in [-0.39, 0.29) is 25.6 Å². The van der Waals surface area contributed by atoms with Crippen molar-refractivity contribution in [1.29, 1.82) is 0 Å². The molecule has 0 rings (SSSR count). The second kappa shape index (κ2) is 35.0.